The summed E-state index contributed by atoms with van der Waals surface area (Å²) in [6.45, 7) is 0.472. The molecule has 1 aliphatic heterocycles. The molecule has 1 saturated carbocycles. The van der Waals surface area contributed by atoms with Crippen LogP contribution in [-0.4, -0.2) is 22.8 Å². The lowest BCUT2D eigenvalue weighted by molar-refractivity contribution is -0.143. The molecule has 142 valence electrons. The third-order valence-electron chi connectivity index (χ3n) is 6.11. The SMILES string of the molecule is O=C(O)C1CCCCC1c1ccc2c(c1)OC[C@@H](Cc1ccccc1)[C@@H]2O. The second kappa shape index (κ2) is 7.73. The zero-order valence-electron chi connectivity index (χ0n) is 15.4. The molecule has 0 spiro atoms. The molecule has 2 aromatic carbocycles. The van der Waals surface area contributed by atoms with Gasteiger partial charge in [0.1, 0.15) is 5.75 Å². The van der Waals surface area contributed by atoms with Crippen molar-refractivity contribution in [1.82, 2.24) is 0 Å². The van der Waals surface area contributed by atoms with E-state index in [-0.39, 0.29) is 17.8 Å². The van der Waals surface area contributed by atoms with Gasteiger partial charge in [0.15, 0.2) is 0 Å². The number of carboxylic acid groups (broad SMARTS) is 1. The highest BCUT2D eigenvalue weighted by Crippen LogP contribution is 2.43. The van der Waals surface area contributed by atoms with E-state index in [1.54, 1.807) is 0 Å². The Bertz CT molecular complexity index is 801. The van der Waals surface area contributed by atoms with Gasteiger partial charge in [-0.05, 0) is 42.4 Å². The first-order chi connectivity index (χ1) is 13.1. The monoisotopic (exact) mass is 366 g/mol. The lowest BCUT2D eigenvalue weighted by Crippen LogP contribution is -2.28. The second-order valence-corrected chi connectivity index (χ2v) is 7.84. The lowest BCUT2D eigenvalue weighted by Gasteiger charge is -2.33. The van der Waals surface area contributed by atoms with Crippen LogP contribution in [0.2, 0.25) is 0 Å². The molecular formula is C23H26O4. The Labute approximate surface area is 159 Å². The number of aliphatic carboxylic acids is 1. The minimum absolute atomic E-state index is 0.0206. The van der Waals surface area contributed by atoms with Gasteiger partial charge in [-0.15, -0.1) is 0 Å². The van der Waals surface area contributed by atoms with E-state index in [1.165, 1.54) is 5.56 Å². The van der Waals surface area contributed by atoms with Crippen molar-refractivity contribution in [2.75, 3.05) is 6.61 Å². The Morgan fingerprint density at radius 3 is 2.63 bits per heavy atom. The van der Waals surface area contributed by atoms with Crippen LogP contribution in [0.1, 0.15) is 54.4 Å². The van der Waals surface area contributed by atoms with Gasteiger partial charge in [-0.3, -0.25) is 4.79 Å². The Hall–Kier alpha value is -2.33. The van der Waals surface area contributed by atoms with E-state index in [0.29, 0.717) is 12.4 Å². The van der Waals surface area contributed by atoms with Crippen LogP contribution in [0.25, 0.3) is 0 Å². The summed E-state index contributed by atoms with van der Waals surface area (Å²) in [6, 6.07) is 16.0. The smallest absolute Gasteiger partial charge is 0.307 e. The van der Waals surface area contributed by atoms with Crippen molar-refractivity contribution < 1.29 is 19.7 Å². The van der Waals surface area contributed by atoms with E-state index >= 15 is 0 Å². The molecule has 0 radical (unpaired) electrons. The second-order valence-electron chi connectivity index (χ2n) is 7.84. The number of hydrogen-bond acceptors (Lipinski definition) is 3. The number of fused-ring (bicyclic) bond motifs is 1. The van der Waals surface area contributed by atoms with Crippen LogP contribution in [0.4, 0.5) is 0 Å². The summed E-state index contributed by atoms with van der Waals surface area (Å²) >= 11 is 0. The molecule has 4 atom stereocenters. The predicted molar refractivity (Wildman–Crippen MR) is 103 cm³/mol. The lowest BCUT2D eigenvalue weighted by atomic mass is 9.75. The van der Waals surface area contributed by atoms with Gasteiger partial charge in [0.05, 0.1) is 18.6 Å². The van der Waals surface area contributed by atoms with Gasteiger partial charge in [-0.25, -0.2) is 0 Å². The average molecular weight is 366 g/mol. The first-order valence-electron chi connectivity index (χ1n) is 9.85. The van der Waals surface area contributed by atoms with Gasteiger partial charge < -0.3 is 14.9 Å². The third kappa shape index (κ3) is 3.72. The Morgan fingerprint density at radius 1 is 1.07 bits per heavy atom. The fourth-order valence-electron chi connectivity index (χ4n) is 4.61. The van der Waals surface area contributed by atoms with E-state index in [9.17, 15) is 15.0 Å². The maximum Gasteiger partial charge on any atom is 0.307 e. The van der Waals surface area contributed by atoms with Crippen LogP contribution in [0, 0.1) is 11.8 Å². The maximum atomic E-state index is 11.6. The van der Waals surface area contributed by atoms with E-state index in [2.05, 4.69) is 12.1 Å². The van der Waals surface area contributed by atoms with Crippen molar-refractivity contribution in [1.29, 1.82) is 0 Å². The van der Waals surface area contributed by atoms with Gasteiger partial charge in [-0.2, -0.15) is 0 Å². The molecule has 4 rings (SSSR count). The van der Waals surface area contributed by atoms with Crippen LogP contribution in [0.5, 0.6) is 5.75 Å². The fraction of sp³-hybridized carbons (Fsp3) is 0.435. The summed E-state index contributed by atoms with van der Waals surface area (Å²) in [7, 11) is 0. The standard InChI is InChI=1S/C23H26O4/c24-22-17(12-15-6-2-1-3-7-15)14-27-21-13-16(10-11-20(21)22)18-8-4-5-9-19(18)23(25)26/h1-3,6-7,10-11,13,17-19,22,24H,4-5,8-9,12,14H2,(H,25,26)/t17-,18?,19?,22+/m1/s1. The number of aliphatic hydroxyl groups excluding tert-OH is 1. The van der Waals surface area contributed by atoms with Crippen molar-refractivity contribution in [2.45, 2.75) is 44.1 Å². The third-order valence-corrected chi connectivity index (χ3v) is 6.11. The van der Waals surface area contributed by atoms with Crippen molar-refractivity contribution in [2.24, 2.45) is 11.8 Å². The first-order valence-corrected chi connectivity index (χ1v) is 9.85. The molecule has 0 bridgehead atoms. The highest BCUT2D eigenvalue weighted by molar-refractivity contribution is 5.71. The molecule has 2 aliphatic rings. The molecule has 2 unspecified atom stereocenters. The molecule has 1 aliphatic carbocycles. The number of aliphatic hydroxyl groups is 1. The normalized spacial score (nSPS) is 27.4. The van der Waals surface area contributed by atoms with Crippen molar-refractivity contribution in [3.05, 3.63) is 65.2 Å². The maximum absolute atomic E-state index is 11.6. The number of hydrogen-bond donors (Lipinski definition) is 2. The summed E-state index contributed by atoms with van der Waals surface area (Å²) in [4.78, 5) is 11.6. The zero-order chi connectivity index (χ0) is 18.8. The van der Waals surface area contributed by atoms with Gasteiger partial charge in [0.25, 0.3) is 0 Å². The number of carbonyl (C=O) groups is 1. The highest BCUT2D eigenvalue weighted by atomic mass is 16.5. The van der Waals surface area contributed by atoms with E-state index < -0.39 is 12.1 Å². The summed E-state index contributed by atoms with van der Waals surface area (Å²) in [5.41, 5.74) is 3.03. The van der Waals surface area contributed by atoms with E-state index in [1.807, 2.05) is 36.4 Å². The zero-order valence-corrected chi connectivity index (χ0v) is 15.4. The summed E-state index contributed by atoms with van der Waals surface area (Å²) in [5, 5.41) is 20.4. The Kier molecular flexibility index (Phi) is 5.17. The van der Waals surface area contributed by atoms with Crippen LogP contribution in [0.15, 0.2) is 48.5 Å². The van der Waals surface area contributed by atoms with Crippen LogP contribution < -0.4 is 4.74 Å². The molecule has 27 heavy (non-hydrogen) atoms. The molecule has 1 fully saturated rings. The van der Waals surface area contributed by atoms with Crippen LogP contribution in [0.3, 0.4) is 0 Å². The quantitative estimate of drug-likeness (QED) is 0.845. The van der Waals surface area contributed by atoms with Gasteiger partial charge in [0.2, 0.25) is 0 Å². The molecule has 0 saturated heterocycles. The number of carboxylic acids is 1. The Morgan fingerprint density at radius 2 is 1.85 bits per heavy atom. The molecule has 1 heterocycles. The molecule has 4 nitrogen and oxygen atoms in total. The minimum atomic E-state index is -0.707. The molecule has 0 aromatic heterocycles. The predicted octanol–water partition coefficient (Wildman–Crippen LogP) is 4.33. The number of ether oxygens (including phenoxy) is 1. The van der Waals surface area contributed by atoms with Crippen molar-refractivity contribution in [3.8, 4) is 5.75 Å². The summed E-state index contributed by atoms with van der Waals surface area (Å²) in [5.74, 6) is -0.270. The van der Waals surface area contributed by atoms with Crippen LogP contribution >= 0.6 is 0 Å². The minimum Gasteiger partial charge on any atom is -0.493 e. The molecule has 2 N–H and O–H groups in total. The summed E-state index contributed by atoms with van der Waals surface area (Å²) in [6.07, 6.45) is 3.88. The highest BCUT2D eigenvalue weighted by Gasteiger charge is 2.34. The van der Waals surface area contributed by atoms with E-state index in [4.69, 9.17) is 4.74 Å². The van der Waals surface area contributed by atoms with Gasteiger partial charge in [0, 0.05) is 11.5 Å². The van der Waals surface area contributed by atoms with Crippen molar-refractivity contribution >= 4 is 5.97 Å². The van der Waals surface area contributed by atoms with Gasteiger partial charge in [-0.1, -0.05) is 55.3 Å². The average Bonchev–Trinajstić information content (AvgIpc) is 2.70. The fourth-order valence-corrected chi connectivity index (χ4v) is 4.61. The number of rotatable bonds is 4. The number of benzene rings is 2. The summed E-state index contributed by atoms with van der Waals surface area (Å²) < 4.78 is 6.00. The first kappa shape index (κ1) is 18.1. The molecule has 4 heteroatoms. The Balaban J connectivity index is 1.54. The van der Waals surface area contributed by atoms with Gasteiger partial charge >= 0.3 is 5.97 Å². The van der Waals surface area contributed by atoms with Crippen LogP contribution in [-0.2, 0) is 11.2 Å². The van der Waals surface area contributed by atoms with Crippen molar-refractivity contribution in [3.63, 3.8) is 0 Å². The largest absolute Gasteiger partial charge is 0.493 e. The molecular weight excluding hydrogens is 340 g/mol. The molecule has 2 aromatic rings. The molecule has 0 amide bonds. The topological polar surface area (TPSA) is 66.8 Å². The van der Waals surface area contributed by atoms with E-state index in [0.717, 1.165) is 43.2 Å².